The number of allylic oxidation sites excluding steroid dienone is 1. The van der Waals surface area contributed by atoms with Crippen LogP contribution in [-0.4, -0.2) is 58.0 Å². The van der Waals surface area contributed by atoms with Gasteiger partial charge in [-0.25, -0.2) is 9.37 Å². The second-order valence-corrected chi connectivity index (χ2v) is 10.9. The molecule has 1 aromatic rings. The van der Waals surface area contributed by atoms with Crippen molar-refractivity contribution in [2.75, 3.05) is 6.61 Å². The molecule has 0 amide bonds. The molecule has 1 aliphatic rings. The summed E-state index contributed by atoms with van der Waals surface area (Å²) in [6.45, 7) is 12.3. The predicted molar refractivity (Wildman–Crippen MR) is 138 cm³/mol. The van der Waals surface area contributed by atoms with E-state index in [0.717, 1.165) is 10.6 Å². The fraction of sp³-hybridized carbons (Fsp3) is 0.593. The molecule has 36 heavy (non-hydrogen) atoms. The normalized spacial score (nSPS) is 30.8. The number of aliphatic hydroxyl groups excluding tert-OH is 2. The first kappa shape index (κ1) is 30.0. The van der Waals surface area contributed by atoms with Crippen molar-refractivity contribution in [1.29, 1.82) is 0 Å². The third-order valence-electron chi connectivity index (χ3n) is 6.54. The minimum Gasteiger partial charge on any atom is -0.455 e. The van der Waals surface area contributed by atoms with Crippen LogP contribution in [0.25, 0.3) is 6.08 Å². The van der Waals surface area contributed by atoms with Gasteiger partial charge in [-0.05, 0) is 33.6 Å². The molecule has 1 aliphatic heterocycles. The van der Waals surface area contributed by atoms with Gasteiger partial charge in [0, 0.05) is 17.9 Å². The molecule has 1 aromatic heterocycles. The summed E-state index contributed by atoms with van der Waals surface area (Å²) in [5.74, 6) is -2.79. The number of rotatable bonds is 4. The van der Waals surface area contributed by atoms with E-state index in [1.165, 1.54) is 37.3 Å². The van der Waals surface area contributed by atoms with Crippen LogP contribution < -0.4 is 0 Å². The Morgan fingerprint density at radius 1 is 1.33 bits per heavy atom. The SMILES string of the molecule is C=CC[C@H]1C(=O)C(C)(C)[C@@H](O)CC(=O)O[C@H](/C(F)=C/c2csc(C)n2)C/C=C(/C)CCO[C@H](C)[C@H]1O. The molecule has 2 heterocycles. The van der Waals surface area contributed by atoms with Crippen LogP contribution >= 0.6 is 11.3 Å². The minimum absolute atomic E-state index is 0.0844. The number of hydrogen-bond donors (Lipinski definition) is 2. The molecule has 0 fully saturated rings. The smallest absolute Gasteiger partial charge is 0.309 e. The lowest BCUT2D eigenvalue weighted by Gasteiger charge is -2.35. The van der Waals surface area contributed by atoms with Gasteiger partial charge in [0.1, 0.15) is 11.6 Å². The van der Waals surface area contributed by atoms with Crippen LogP contribution in [0.1, 0.15) is 64.1 Å². The Morgan fingerprint density at radius 3 is 2.64 bits per heavy atom. The Hall–Kier alpha value is -2.20. The maximum absolute atomic E-state index is 15.2. The van der Waals surface area contributed by atoms with E-state index in [-0.39, 0.29) is 19.4 Å². The van der Waals surface area contributed by atoms with E-state index in [1.807, 2.05) is 13.8 Å². The van der Waals surface area contributed by atoms with Crippen LogP contribution in [0.4, 0.5) is 4.39 Å². The third kappa shape index (κ3) is 8.16. The maximum Gasteiger partial charge on any atom is 0.309 e. The molecule has 0 unspecified atom stereocenters. The number of aromatic nitrogens is 1. The van der Waals surface area contributed by atoms with Crippen molar-refractivity contribution >= 4 is 29.2 Å². The highest BCUT2D eigenvalue weighted by molar-refractivity contribution is 7.09. The van der Waals surface area contributed by atoms with Gasteiger partial charge in [-0.1, -0.05) is 31.6 Å². The van der Waals surface area contributed by atoms with E-state index in [1.54, 1.807) is 18.4 Å². The summed E-state index contributed by atoms with van der Waals surface area (Å²) in [6.07, 6.45) is 0.430. The molecule has 5 atom stereocenters. The quantitative estimate of drug-likeness (QED) is 0.435. The molecule has 2 rings (SSSR count). The fourth-order valence-electron chi connectivity index (χ4n) is 3.98. The third-order valence-corrected chi connectivity index (χ3v) is 7.33. The summed E-state index contributed by atoms with van der Waals surface area (Å²) in [5.41, 5.74) is -0.0648. The number of carbonyl (C=O) groups excluding carboxylic acids is 2. The van der Waals surface area contributed by atoms with Crippen LogP contribution in [0.5, 0.6) is 0 Å². The molecule has 0 saturated heterocycles. The molecule has 0 saturated carbocycles. The van der Waals surface area contributed by atoms with Gasteiger partial charge >= 0.3 is 5.97 Å². The van der Waals surface area contributed by atoms with Gasteiger partial charge in [0.05, 0.1) is 53.4 Å². The number of halogens is 1. The zero-order chi connectivity index (χ0) is 27.0. The fourth-order valence-corrected chi connectivity index (χ4v) is 4.55. The Labute approximate surface area is 216 Å². The van der Waals surface area contributed by atoms with Crippen molar-refractivity contribution in [3.05, 3.63) is 46.2 Å². The highest BCUT2D eigenvalue weighted by Gasteiger charge is 2.44. The van der Waals surface area contributed by atoms with Crippen LogP contribution in [0.15, 0.2) is 35.5 Å². The molecule has 0 spiro atoms. The van der Waals surface area contributed by atoms with E-state index in [4.69, 9.17) is 9.47 Å². The maximum atomic E-state index is 15.2. The first-order valence-corrected chi connectivity index (χ1v) is 13.0. The second kappa shape index (κ2) is 13.4. The molecule has 7 nitrogen and oxygen atoms in total. The Morgan fingerprint density at radius 2 is 2.03 bits per heavy atom. The molecular weight excluding hydrogens is 485 g/mol. The summed E-state index contributed by atoms with van der Waals surface area (Å²) in [6, 6.07) is 0. The molecule has 0 bridgehead atoms. The zero-order valence-corrected chi connectivity index (χ0v) is 22.5. The molecule has 200 valence electrons. The minimum atomic E-state index is -1.41. The molecular formula is C27H38FNO6S. The number of nitrogens with zero attached hydrogens (tertiary/aromatic N) is 1. The molecule has 2 N–H and O–H groups in total. The van der Waals surface area contributed by atoms with Gasteiger partial charge in [-0.3, -0.25) is 9.59 Å². The number of Topliss-reactive ketones (excluding diaryl/α,β-unsaturated/α-hetero) is 1. The van der Waals surface area contributed by atoms with E-state index < -0.39 is 59.7 Å². The van der Waals surface area contributed by atoms with E-state index in [2.05, 4.69) is 11.6 Å². The number of ether oxygens (including phenoxy) is 2. The van der Waals surface area contributed by atoms with Gasteiger partial charge in [0.25, 0.3) is 0 Å². The van der Waals surface area contributed by atoms with E-state index in [9.17, 15) is 19.8 Å². The van der Waals surface area contributed by atoms with Crippen molar-refractivity contribution < 1.29 is 33.7 Å². The first-order valence-electron chi connectivity index (χ1n) is 12.1. The summed E-state index contributed by atoms with van der Waals surface area (Å²) >= 11 is 1.38. The summed E-state index contributed by atoms with van der Waals surface area (Å²) in [7, 11) is 0. The van der Waals surface area contributed by atoms with Gasteiger partial charge < -0.3 is 19.7 Å². The first-order chi connectivity index (χ1) is 16.9. The Kier molecular flexibility index (Phi) is 11.2. The topological polar surface area (TPSA) is 106 Å². The van der Waals surface area contributed by atoms with E-state index >= 15 is 4.39 Å². The van der Waals surface area contributed by atoms with Crippen LogP contribution in [0, 0.1) is 18.3 Å². The lowest BCUT2D eigenvalue weighted by atomic mass is 9.72. The van der Waals surface area contributed by atoms with Crippen molar-refractivity contribution in [3.63, 3.8) is 0 Å². The van der Waals surface area contributed by atoms with Crippen LogP contribution in [-0.2, 0) is 19.1 Å². The second-order valence-electron chi connectivity index (χ2n) is 9.84. The largest absolute Gasteiger partial charge is 0.455 e. The molecule has 0 aliphatic carbocycles. The number of esters is 1. The van der Waals surface area contributed by atoms with Gasteiger partial charge in [0.15, 0.2) is 6.10 Å². The predicted octanol–water partition coefficient (Wildman–Crippen LogP) is 4.72. The summed E-state index contributed by atoms with van der Waals surface area (Å²) < 4.78 is 26.4. The lowest BCUT2D eigenvalue weighted by molar-refractivity contribution is -0.155. The average Bonchev–Trinajstić information content (AvgIpc) is 3.22. The Balaban J connectivity index is 2.37. The number of aliphatic hydroxyl groups is 2. The molecule has 0 radical (unpaired) electrons. The average molecular weight is 524 g/mol. The standard InChI is InChI=1S/C27H38FNO6S/c1-7-8-20-25(32)17(3)34-12-11-16(2)9-10-22(21(28)13-19-15-36-18(4)29-19)35-24(31)14-23(30)27(5,6)26(20)33/h7,9,13,15,17,20,22-23,25,30,32H,1,8,10-12,14H2,2-6H3/b16-9-,21-13-/t17-,20-,22+,23+,25-/m1/s1. The van der Waals surface area contributed by atoms with Crippen LogP contribution in [0.2, 0.25) is 0 Å². The number of hydrogen-bond acceptors (Lipinski definition) is 8. The van der Waals surface area contributed by atoms with Crippen molar-refractivity contribution in [1.82, 2.24) is 4.98 Å². The van der Waals surface area contributed by atoms with E-state index in [0.29, 0.717) is 12.1 Å². The van der Waals surface area contributed by atoms with Crippen molar-refractivity contribution in [2.45, 2.75) is 84.7 Å². The number of cyclic esters (lactones) is 1. The highest BCUT2D eigenvalue weighted by atomic mass is 32.1. The molecule has 0 aromatic carbocycles. The number of ketones is 1. The monoisotopic (exact) mass is 523 g/mol. The zero-order valence-electron chi connectivity index (χ0n) is 21.7. The number of thiazole rings is 1. The van der Waals surface area contributed by atoms with Gasteiger partial charge in [-0.2, -0.15) is 0 Å². The van der Waals surface area contributed by atoms with Crippen molar-refractivity contribution in [3.8, 4) is 0 Å². The van der Waals surface area contributed by atoms with Crippen LogP contribution in [0.3, 0.4) is 0 Å². The summed E-state index contributed by atoms with van der Waals surface area (Å²) in [4.78, 5) is 30.4. The van der Waals surface area contributed by atoms with Crippen molar-refractivity contribution in [2.24, 2.45) is 11.3 Å². The highest BCUT2D eigenvalue weighted by Crippen LogP contribution is 2.33. The van der Waals surface area contributed by atoms with Gasteiger partial charge in [0.2, 0.25) is 0 Å². The number of aryl methyl sites for hydroxylation is 1. The number of carbonyl (C=O) groups is 2. The summed E-state index contributed by atoms with van der Waals surface area (Å²) in [5, 5.41) is 24.2. The molecule has 9 heteroatoms. The Bertz CT molecular complexity index is 985. The lowest BCUT2D eigenvalue weighted by Crippen LogP contribution is -2.48. The van der Waals surface area contributed by atoms with Gasteiger partial charge in [-0.15, -0.1) is 17.9 Å².